The summed E-state index contributed by atoms with van der Waals surface area (Å²) in [5, 5.41) is 18.4. The summed E-state index contributed by atoms with van der Waals surface area (Å²) in [4.78, 5) is 0. The zero-order chi connectivity index (χ0) is 11.4. The Morgan fingerprint density at radius 2 is 2.13 bits per heavy atom. The summed E-state index contributed by atoms with van der Waals surface area (Å²) < 4.78 is 13.4. The van der Waals surface area contributed by atoms with Crippen LogP contribution in [0.25, 0.3) is 0 Å². The molecule has 2 atom stereocenters. The normalized spacial score (nSPS) is 15.0. The molecule has 0 aliphatic carbocycles. The van der Waals surface area contributed by atoms with Gasteiger partial charge in [0.25, 0.3) is 0 Å². The Morgan fingerprint density at radius 3 is 2.67 bits per heavy atom. The average molecular weight is 213 g/mol. The number of aliphatic hydroxyl groups excluding tert-OH is 2. The van der Waals surface area contributed by atoms with Crippen molar-refractivity contribution in [2.24, 2.45) is 5.73 Å². The van der Waals surface area contributed by atoms with Crippen molar-refractivity contribution >= 4 is 0 Å². The molecule has 0 amide bonds. The van der Waals surface area contributed by atoms with Gasteiger partial charge in [-0.05, 0) is 25.0 Å². The van der Waals surface area contributed by atoms with E-state index in [4.69, 9.17) is 10.8 Å². The van der Waals surface area contributed by atoms with E-state index in [0.29, 0.717) is 0 Å². The first-order valence-corrected chi connectivity index (χ1v) is 4.87. The van der Waals surface area contributed by atoms with Crippen molar-refractivity contribution in [3.63, 3.8) is 0 Å². The van der Waals surface area contributed by atoms with Crippen LogP contribution >= 0.6 is 0 Å². The minimum Gasteiger partial charge on any atom is -0.396 e. The quantitative estimate of drug-likeness (QED) is 0.695. The molecule has 0 spiro atoms. The maximum atomic E-state index is 13.4. The van der Waals surface area contributed by atoms with Crippen LogP contribution < -0.4 is 5.73 Å². The van der Waals surface area contributed by atoms with E-state index >= 15 is 0 Å². The third-order valence-electron chi connectivity index (χ3n) is 2.34. The molecule has 4 N–H and O–H groups in total. The Balaban J connectivity index is 2.86. The zero-order valence-corrected chi connectivity index (χ0v) is 8.65. The number of aryl methyl sites for hydroxylation is 1. The van der Waals surface area contributed by atoms with Crippen LogP contribution in [0.15, 0.2) is 18.2 Å². The van der Waals surface area contributed by atoms with Crippen LogP contribution in [-0.4, -0.2) is 22.9 Å². The molecule has 3 nitrogen and oxygen atoms in total. The van der Waals surface area contributed by atoms with E-state index in [0.717, 1.165) is 5.56 Å². The molecule has 84 valence electrons. The molecule has 15 heavy (non-hydrogen) atoms. The van der Waals surface area contributed by atoms with E-state index in [9.17, 15) is 9.50 Å². The molecule has 0 bridgehead atoms. The van der Waals surface area contributed by atoms with E-state index < -0.39 is 18.0 Å². The zero-order valence-electron chi connectivity index (χ0n) is 8.65. The monoisotopic (exact) mass is 213 g/mol. The number of halogens is 1. The molecule has 2 unspecified atom stereocenters. The Bertz CT molecular complexity index is 330. The Hall–Kier alpha value is -0.970. The minimum absolute atomic E-state index is 0.119. The number of benzene rings is 1. The number of hydrogen-bond donors (Lipinski definition) is 3. The Kier molecular flexibility index (Phi) is 4.20. The third-order valence-corrected chi connectivity index (χ3v) is 2.34. The van der Waals surface area contributed by atoms with Gasteiger partial charge in [0.2, 0.25) is 0 Å². The number of rotatable bonds is 4. The second-order valence-electron chi connectivity index (χ2n) is 3.65. The summed E-state index contributed by atoms with van der Waals surface area (Å²) >= 11 is 0. The molecule has 0 fully saturated rings. The van der Waals surface area contributed by atoms with E-state index in [2.05, 4.69) is 0 Å². The second kappa shape index (κ2) is 5.21. The lowest BCUT2D eigenvalue weighted by Crippen LogP contribution is -2.29. The van der Waals surface area contributed by atoms with E-state index in [1.54, 1.807) is 13.0 Å². The predicted molar refractivity (Wildman–Crippen MR) is 55.8 cm³/mol. The highest BCUT2D eigenvalue weighted by molar-refractivity contribution is 5.26. The first-order valence-electron chi connectivity index (χ1n) is 4.87. The van der Waals surface area contributed by atoms with Gasteiger partial charge in [-0.2, -0.15) is 0 Å². The molecule has 0 aromatic heterocycles. The molecule has 4 heteroatoms. The number of hydrogen-bond acceptors (Lipinski definition) is 3. The molecule has 1 aromatic rings. The second-order valence-corrected chi connectivity index (χ2v) is 3.65. The third kappa shape index (κ3) is 2.99. The lowest BCUT2D eigenvalue weighted by molar-refractivity contribution is 0.125. The van der Waals surface area contributed by atoms with Gasteiger partial charge >= 0.3 is 0 Å². The van der Waals surface area contributed by atoms with Gasteiger partial charge in [-0.1, -0.05) is 12.1 Å². The maximum Gasteiger partial charge on any atom is 0.129 e. The van der Waals surface area contributed by atoms with Crippen molar-refractivity contribution in [3.05, 3.63) is 35.1 Å². The first-order chi connectivity index (χ1) is 7.06. The minimum atomic E-state index is -1.07. The van der Waals surface area contributed by atoms with Crippen molar-refractivity contribution in [3.8, 4) is 0 Å². The molecule has 0 aliphatic heterocycles. The highest BCUT2D eigenvalue weighted by atomic mass is 19.1. The Labute approximate surface area is 88.4 Å². The summed E-state index contributed by atoms with van der Waals surface area (Å²) in [6.07, 6.45) is -0.827. The molecular formula is C11H16FNO2. The van der Waals surface area contributed by atoms with Crippen LogP contribution in [0, 0.1) is 12.7 Å². The fourth-order valence-corrected chi connectivity index (χ4v) is 1.41. The van der Waals surface area contributed by atoms with Gasteiger partial charge in [0.05, 0.1) is 6.10 Å². The maximum absolute atomic E-state index is 13.4. The summed E-state index contributed by atoms with van der Waals surface area (Å²) in [6.45, 7) is 1.65. The van der Waals surface area contributed by atoms with Crippen molar-refractivity contribution in [2.75, 3.05) is 6.61 Å². The topological polar surface area (TPSA) is 66.5 Å². The van der Waals surface area contributed by atoms with Crippen LogP contribution in [0.3, 0.4) is 0 Å². The highest BCUT2D eigenvalue weighted by Crippen LogP contribution is 2.21. The van der Waals surface area contributed by atoms with Crippen LogP contribution in [0.2, 0.25) is 0 Å². The van der Waals surface area contributed by atoms with Crippen LogP contribution in [-0.2, 0) is 0 Å². The fourth-order valence-electron chi connectivity index (χ4n) is 1.41. The summed E-state index contributed by atoms with van der Waals surface area (Å²) in [5.41, 5.74) is 6.56. The molecule has 1 rings (SSSR count). The van der Waals surface area contributed by atoms with Gasteiger partial charge in [0.15, 0.2) is 0 Å². The molecule has 0 aliphatic rings. The lowest BCUT2D eigenvalue weighted by atomic mass is 9.99. The van der Waals surface area contributed by atoms with Crippen LogP contribution in [0.1, 0.15) is 23.7 Å². The van der Waals surface area contributed by atoms with Gasteiger partial charge in [-0.3, -0.25) is 0 Å². The SMILES string of the molecule is Cc1ccc(C(O)C(N)CCO)c(F)c1. The molecule has 0 saturated heterocycles. The number of nitrogens with two attached hydrogens (primary N) is 1. The van der Waals surface area contributed by atoms with E-state index in [1.165, 1.54) is 12.1 Å². The van der Waals surface area contributed by atoms with Gasteiger partial charge in [0, 0.05) is 18.2 Å². The van der Waals surface area contributed by atoms with Crippen LogP contribution in [0.4, 0.5) is 4.39 Å². The fraction of sp³-hybridized carbons (Fsp3) is 0.455. The van der Waals surface area contributed by atoms with Crippen LogP contribution in [0.5, 0.6) is 0 Å². The lowest BCUT2D eigenvalue weighted by Gasteiger charge is -2.18. The predicted octanol–water partition coefficient (Wildman–Crippen LogP) is 0.877. The molecule has 0 saturated carbocycles. The van der Waals surface area contributed by atoms with E-state index in [1.807, 2.05) is 0 Å². The van der Waals surface area contributed by atoms with Crippen molar-refractivity contribution < 1.29 is 14.6 Å². The van der Waals surface area contributed by atoms with Gasteiger partial charge in [-0.15, -0.1) is 0 Å². The Morgan fingerprint density at radius 1 is 1.47 bits per heavy atom. The van der Waals surface area contributed by atoms with Gasteiger partial charge in [-0.25, -0.2) is 4.39 Å². The molecular weight excluding hydrogens is 197 g/mol. The summed E-state index contributed by atoms with van der Waals surface area (Å²) in [5.74, 6) is -0.462. The molecule has 0 heterocycles. The smallest absolute Gasteiger partial charge is 0.129 e. The molecule has 1 aromatic carbocycles. The number of aliphatic hydroxyl groups is 2. The van der Waals surface area contributed by atoms with Gasteiger partial charge < -0.3 is 15.9 Å². The van der Waals surface area contributed by atoms with E-state index in [-0.39, 0.29) is 18.6 Å². The van der Waals surface area contributed by atoms with Gasteiger partial charge in [0.1, 0.15) is 5.82 Å². The first kappa shape index (κ1) is 12.1. The average Bonchev–Trinajstić information content (AvgIpc) is 2.17. The summed E-state index contributed by atoms with van der Waals surface area (Å²) in [6, 6.07) is 3.94. The van der Waals surface area contributed by atoms with Crippen molar-refractivity contribution in [1.82, 2.24) is 0 Å². The highest BCUT2D eigenvalue weighted by Gasteiger charge is 2.19. The van der Waals surface area contributed by atoms with Crippen molar-refractivity contribution in [2.45, 2.75) is 25.5 Å². The van der Waals surface area contributed by atoms with Crippen molar-refractivity contribution in [1.29, 1.82) is 0 Å². The largest absolute Gasteiger partial charge is 0.396 e. The molecule has 0 radical (unpaired) electrons. The summed E-state index contributed by atoms with van der Waals surface area (Å²) in [7, 11) is 0. The standard InChI is InChI=1S/C11H16FNO2/c1-7-2-3-8(9(12)6-7)11(15)10(13)4-5-14/h2-3,6,10-11,14-15H,4-5,13H2,1H3.